The largest absolute Gasteiger partial charge is 0.476 e. The second-order valence-electron chi connectivity index (χ2n) is 4.34. The van der Waals surface area contributed by atoms with Gasteiger partial charge in [0.1, 0.15) is 5.82 Å². The maximum Gasteiger partial charge on any atom is 0.239 e. The number of nitrogen functional groups attached to an aromatic ring is 1. The number of pyridine rings is 1. The zero-order valence-electron chi connectivity index (χ0n) is 11.4. The van der Waals surface area contributed by atoms with Gasteiger partial charge in [-0.1, -0.05) is 0 Å². The number of rotatable bonds is 5. The average Bonchev–Trinajstić information content (AvgIpc) is 2.80. The summed E-state index contributed by atoms with van der Waals surface area (Å²) in [7, 11) is 0. The molecule has 0 bridgehead atoms. The molecule has 5 heteroatoms. The number of nitrogens with one attached hydrogen (secondary N) is 1. The van der Waals surface area contributed by atoms with Crippen molar-refractivity contribution in [2.24, 2.45) is 0 Å². The quantitative estimate of drug-likeness (QED) is 0.876. The maximum absolute atomic E-state index is 5.81. The van der Waals surface area contributed by atoms with Crippen LogP contribution in [0.1, 0.15) is 29.6 Å². The third-order valence-corrected chi connectivity index (χ3v) is 3.91. The van der Waals surface area contributed by atoms with Gasteiger partial charge in [0.15, 0.2) is 0 Å². The molecule has 0 radical (unpaired) electrons. The van der Waals surface area contributed by atoms with E-state index in [1.54, 1.807) is 11.3 Å². The Kier molecular flexibility index (Phi) is 4.27. The van der Waals surface area contributed by atoms with Gasteiger partial charge >= 0.3 is 0 Å². The van der Waals surface area contributed by atoms with Crippen molar-refractivity contribution in [3.05, 3.63) is 34.0 Å². The monoisotopic (exact) mass is 277 g/mol. The van der Waals surface area contributed by atoms with Crippen LogP contribution in [0, 0.1) is 6.92 Å². The van der Waals surface area contributed by atoms with E-state index in [9.17, 15) is 0 Å². The summed E-state index contributed by atoms with van der Waals surface area (Å²) in [6.45, 7) is 6.69. The lowest BCUT2D eigenvalue weighted by Crippen LogP contribution is -2.08. The van der Waals surface area contributed by atoms with Crippen LogP contribution in [0.25, 0.3) is 0 Å². The van der Waals surface area contributed by atoms with Crippen molar-refractivity contribution in [1.29, 1.82) is 0 Å². The standard InChI is InChI=1S/C14H19N3OS/c1-4-18-14-11(15)6-8-13(17-14)16-10(3)12-7-5-9(2)19-12/h5-8,10H,4,15H2,1-3H3,(H,16,17). The minimum atomic E-state index is 0.212. The fraction of sp³-hybridized carbons (Fsp3) is 0.357. The van der Waals surface area contributed by atoms with Crippen molar-refractivity contribution >= 4 is 22.8 Å². The van der Waals surface area contributed by atoms with Gasteiger partial charge in [0.05, 0.1) is 18.3 Å². The van der Waals surface area contributed by atoms with Crippen LogP contribution in [0.4, 0.5) is 11.5 Å². The molecule has 1 unspecified atom stereocenters. The first-order valence-electron chi connectivity index (χ1n) is 6.32. The molecule has 19 heavy (non-hydrogen) atoms. The Balaban J connectivity index is 2.12. The van der Waals surface area contributed by atoms with Crippen molar-refractivity contribution < 1.29 is 4.74 Å². The fourth-order valence-electron chi connectivity index (χ4n) is 1.76. The highest BCUT2D eigenvalue weighted by Gasteiger charge is 2.10. The lowest BCUT2D eigenvalue weighted by molar-refractivity contribution is 0.329. The highest BCUT2D eigenvalue weighted by Crippen LogP contribution is 2.27. The van der Waals surface area contributed by atoms with E-state index in [1.807, 2.05) is 19.1 Å². The SMILES string of the molecule is CCOc1nc(NC(C)c2ccc(C)s2)ccc1N. The van der Waals surface area contributed by atoms with E-state index in [-0.39, 0.29) is 6.04 Å². The summed E-state index contributed by atoms with van der Waals surface area (Å²) in [6, 6.07) is 8.16. The van der Waals surface area contributed by atoms with Crippen molar-refractivity contribution in [1.82, 2.24) is 4.98 Å². The lowest BCUT2D eigenvalue weighted by Gasteiger charge is -2.14. The molecule has 3 N–H and O–H groups in total. The highest BCUT2D eigenvalue weighted by molar-refractivity contribution is 7.12. The van der Waals surface area contributed by atoms with Gasteiger partial charge in [-0.05, 0) is 45.0 Å². The number of aryl methyl sites for hydroxylation is 1. The number of thiophene rings is 1. The second kappa shape index (κ2) is 5.93. The number of hydrogen-bond acceptors (Lipinski definition) is 5. The predicted octanol–water partition coefficient (Wildman–Crippen LogP) is 3.61. The van der Waals surface area contributed by atoms with Crippen LogP contribution in [0.2, 0.25) is 0 Å². The number of nitrogens with zero attached hydrogens (tertiary/aromatic N) is 1. The molecule has 0 amide bonds. The van der Waals surface area contributed by atoms with Crippen LogP contribution in [0.15, 0.2) is 24.3 Å². The van der Waals surface area contributed by atoms with E-state index in [0.29, 0.717) is 18.2 Å². The smallest absolute Gasteiger partial charge is 0.239 e. The summed E-state index contributed by atoms with van der Waals surface area (Å²) in [5.41, 5.74) is 6.37. The molecular formula is C14H19N3OS. The van der Waals surface area contributed by atoms with E-state index in [2.05, 4.69) is 36.3 Å². The molecule has 2 aromatic rings. The molecule has 0 aromatic carbocycles. The van der Waals surface area contributed by atoms with Crippen LogP contribution in [-0.4, -0.2) is 11.6 Å². The summed E-state index contributed by atoms with van der Waals surface area (Å²) < 4.78 is 5.40. The number of aromatic nitrogens is 1. The van der Waals surface area contributed by atoms with Crippen molar-refractivity contribution in [2.45, 2.75) is 26.8 Å². The zero-order chi connectivity index (χ0) is 13.8. The molecule has 0 aliphatic heterocycles. The third-order valence-electron chi connectivity index (χ3n) is 2.72. The minimum Gasteiger partial charge on any atom is -0.476 e. The van der Waals surface area contributed by atoms with E-state index < -0.39 is 0 Å². The van der Waals surface area contributed by atoms with Crippen LogP contribution in [0.3, 0.4) is 0 Å². The summed E-state index contributed by atoms with van der Waals surface area (Å²) in [5.74, 6) is 1.26. The first-order chi connectivity index (χ1) is 9.10. The molecule has 0 spiro atoms. The number of ether oxygens (including phenoxy) is 1. The molecule has 2 rings (SSSR count). The van der Waals surface area contributed by atoms with Gasteiger partial charge in [0.25, 0.3) is 0 Å². The molecule has 102 valence electrons. The Bertz CT molecular complexity index is 553. The topological polar surface area (TPSA) is 60.2 Å². The lowest BCUT2D eigenvalue weighted by atomic mass is 10.2. The van der Waals surface area contributed by atoms with Gasteiger partial charge in [-0.25, -0.2) is 0 Å². The Morgan fingerprint density at radius 1 is 1.37 bits per heavy atom. The molecule has 0 saturated heterocycles. The summed E-state index contributed by atoms with van der Waals surface area (Å²) in [4.78, 5) is 6.98. The summed E-state index contributed by atoms with van der Waals surface area (Å²) in [6.07, 6.45) is 0. The van der Waals surface area contributed by atoms with E-state index in [1.165, 1.54) is 9.75 Å². The van der Waals surface area contributed by atoms with Gasteiger partial charge in [0.2, 0.25) is 5.88 Å². The van der Waals surface area contributed by atoms with Crippen LogP contribution < -0.4 is 15.8 Å². The van der Waals surface area contributed by atoms with E-state index >= 15 is 0 Å². The molecule has 1 atom stereocenters. The van der Waals surface area contributed by atoms with E-state index in [0.717, 1.165) is 5.82 Å². The molecule has 0 aliphatic rings. The molecule has 0 saturated carbocycles. The summed E-state index contributed by atoms with van der Waals surface area (Å²) >= 11 is 1.79. The van der Waals surface area contributed by atoms with Gasteiger partial charge in [-0.15, -0.1) is 11.3 Å². The Labute approximate surface area is 117 Å². The van der Waals surface area contributed by atoms with Crippen molar-refractivity contribution in [3.63, 3.8) is 0 Å². The van der Waals surface area contributed by atoms with Crippen LogP contribution >= 0.6 is 11.3 Å². The third kappa shape index (κ3) is 3.38. The number of hydrogen-bond donors (Lipinski definition) is 2. The molecule has 4 nitrogen and oxygen atoms in total. The second-order valence-corrected chi connectivity index (χ2v) is 5.66. The Morgan fingerprint density at radius 2 is 2.16 bits per heavy atom. The first-order valence-corrected chi connectivity index (χ1v) is 7.14. The Morgan fingerprint density at radius 3 is 2.79 bits per heavy atom. The molecule has 2 heterocycles. The molecule has 2 aromatic heterocycles. The van der Waals surface area contributed by atoms with Gasteiger partial charge < -0.3 is 15.8 Å². The zero-order valence-corrected chi connectivity index (χ0v) is 12.3. The van der Waals surface area contributed by atoms with Crippen LogP contribution in [0.5, 0.6) is 5.88 Å². The van der Waals surface area contributed by atoms with Gasteiger partial charge in [-0.2, -0.15) is 4.98 Å². The fourth-order valence-corrected chi connectivity index (χ4v) is 2.64. The maximum atomic E-state index is 5.81. The van der Waals surface area contributed by atoms with Gasteiger partial charge in [-0.3, -0.25) is 0 Å². The van der Waals surface area contributed by atoms with Gasteiger partial charge in [0, 0.05) is 9.75 Å². The highest BCUT2D eigenvalue weighted by atomic mass is 32.1. The van der Waals surface area contributed by atoms with Crippen molar-refractivity contribution in [3.8, 4) is 5.88 Å². The summed E-state index contributed by atoms with van der Waals surface area (Å²) in [5, 5.41) is 3.36. The van der Waals surface area contributed by atoms with Crippen molar-refractivity contribution in [2.75, 3.05) is 17.7 Å². The Hall–Kier alpha value is -1.75. The number of anilines is 2. The molecule has 0 fully saturated rings. The van der Waals surface area contributed by atoms with Crippen LogP contribution in [-0.2, 0) is 0 Å². The number of nitrogens with two attached hydrogens (primary N) is 1. The van der Waals surface area contributed by atoms with E-state index in [4.69, 9.17) is 10.5 Å². The first kappa shape index (κ1) is 13.7. The average molecular weight is 277 g/mol. The normalized spacial score (nSPS) is 12.2. The minimum absolute atomic E-state index is 0.212. The molecule has 0 aliphatic carbocycles. The predicted molar refractivity (Wildman–Crippen MR) is 80.9 cm³/mol. The molecular weight excluding hydrogens is 258 g/mol.